The predicted molar refractivity (Wildman–Crippen MR) is 90.3 cm³/mol. The van der Waals surface area contributed by atoms with Crippen LogP contribution in [0, 0.1) is 5.82 Å². The Labute approximate surface area is 136 Å². The summed E-state index contributed by atoms with van der Waals surface area (Å²) >= 11 is 10.2. The number of halogens is 3. The number of alkyl halides is 1. The Morgan fingerprint density at radius 2 is 1.57 bits per heavy atom. The second-order valence-corrected chi connectivity index (χ2v) is 6.36. The molecule has 3 heteroatoms. The van der Waals surface area contributed by atoms with Crippen molar-refractivity contribution >= 4 is 38.3 Å². The summed E-state index contributed by atoms with van der Waals surface area (Å²) in [6, 6.07) is 18.8. The minimum absolute atomic E-state index is 0.145. The fraction of sp³-hybridized carbons (Fsp3) is 0.111. The first-order chi connectivity index (χ1) is 10.1. The summed E-state index contributed by atoms with van der Waals surface area (Å²) in [6.07, 6.45) is 0.674. The van der Waals surface area contributed by atoms with Gasteiger partial charge < -0.3 is 0 Å². The molecule has 3 aromatic rings. The molecule has 3 aromatic carbocycles. The van der Waals surface area contributed by atoms with Crippen LogP contribution in [-0.2, 0) is 6.42 Å². The van der Waals surface area contributed by atoms with Crippen molar-refractivity contribution in [2.75, 3.05) is 0 Å². The first kappa shape index (κ1) is 14.6. The van der Waals surface area contributed by atoms with E-state index in [1.165, 1.54) is 12.1 Å². The van der Waals surface area contributed by atoms with Crippen LogP contribution in [0.2, 0.25) is 0 Å². The SMILES string of the molecule is Fc1ccc(CC(Cl)c2ccc(Br)c3ccccc23)cc1. The first-order valence-corrected chi connectivity index (χ1v) is 7.94. The van der Waals surface area contributed by atoms with E-state index in [4.69, 9.17) is 11.6 Å². The van der Waals surface area contributed by atoms with E-state index in [9.17, 15) is 4.39 Å². The van der Waals surface area contributed by atoms with E-state index in [-0.39, 0.29) is 11.2 Å². The number of hydrogen-bond donors (Lipinski definition) is 0. The molecule has 0 fully saturated rings. The molecule has 0 saturated heterocycles. The van der Waals surface area contributed by atoms with Crippen molar-refractivity contribution < 1.29 is 4.39 Å². The lowest BCUT2D eigenvalue weighted by Gasteiger charge is -2.14. The van der Waals surface area contributed by atoms with Gasteiger partial charge in [0.05, 0.1) is 5.38 Å². The largest absolute Gasteiger partial charge is 0.207 e. The van der Waals surface area contributed by atoms with Crippen LogP contribution in [0.5, 0.6) is 0 Å². The Kier molecular flexibility index (Phi) is 4.27. The van der Waals surface area contributed by atoms with E-state index in [1.807, 2.05) is 24.3 Å². The number of hydrogen-bond acceptors (Lipinski definition) is 0. The summed E-state index contributed by atoms with van der Waals surface area (Å²) in [4.78, 5) is 0. The molecule has 0 N–H and O–H groups in total. The number of benzene rings is 3. The molecular weight excluding hydrogens is 351 g/mol. The van der Waals surface area contributed by atoms with Crippen molar-refractivity contribution in [3.05, 3.63) is 82.1 Å². The van der Waals surface area contributed by atoms with Gasteiger partial charge in [-0.25, -0.2) is 4.39 Å². The van der Waals surface area contributed by atoms with Gasteiger partial charge in [0.2, 0.25) is 0 Å². The van der Waals surface area contributed by atoms with Crippen LogP contribution in [0.25, 0.3) is 10.8 Å². The summed E-state index contributed by atoms with van der Waals surface area (Å²) in [6.45, 7) is 0. The highest BCUT2D eigenvalue weighted by molar-refractivity contribution is 9.10. The van der Waals surface area contributed by atoms with Gasteiger partial charge in [-0.1, -0.05) is 58.4 Å². The summed E-state index contributed by atoms with van der Waals surface area (Å²) < 4.78 is 14.0. The van der Waals surface area contributed by atoms with E-state index in [0.29, 0.717) is 6.42 Å². The molecule has 3 rings (SSSR count). The fourth-order valence-electron chi connectivity index (χ4n) is 2.50. The van der Waals surface area contributed by atoms with Crippen molar-refractivity contribution in [3.8, 4) is 0 Å². The predicted octanol–water partition coefficient (Wildman–Crippen LogP) is 6.26. The molecule has 0 aromatic heterocycles. The zero-order valence-electron chi connectivity index (χ0n) is 11.2. The van der Waals surface area contributed by atoms with Gasteiger partial charge in [-0.2, -0.15) is 0 Å². The Morgan fingerprint density at radius 3 is 2.29 bits per heavy atom. The molecule has 0 aliphatic rings. The van der Waals surface area contributed by atoms with Crippen LogP contribution >= 0.6 is 27.5 Å². The average Bonchev–Trinajstić information content (AvgIpc) is 2.50. The monoisotopic (exact) mass is 362 g/mol. The lowest BCUT2D eigenvalue weighted by Crippen LogP contribution is -1.97. The Hall–Kier alpha value is -1.38. The van der Waals surface area contributed by atoms with E-state index in [1.54, 1.807) is 12.1 Å². The van der Waals surface area contributed by atoms with Crippen LogP contribution < -0.4 is 0 Å². The molecule has 0 nitrogen and oxygen atoms in total. The third kappa shape index (κ3) is 3.12. The summed E-state index contributed by atoms with van der Waals surface area (Å²) in [5.74, 6) is -0.223. The van der Waals surface area contributed by atoms with Crippen molar-refractivity contribution in [3.63, 3.8) is 0 Å². The van der Waals surface area contributed by atoms with Crippen molar-refractivity contribution in [2.24, 2.45) is 0 Å². The summed E-state index contributed by atoms with van der Waals surface area (Å²) in [5.41, 5.74) is 2.13. The Balaban J connectivity index is 1.96. The van der Waals surface area contributed by atoms with Crippen LogP contribution in [0.15, 0.2) is 65.1 Å². The van der Waals surface area contributed by atoms with Gasteiger partial charge in [0.25, 0.3) is 0 Å². The Bertz CT molecular complexity index is 768. The highest BCUT2D eigenvalue weighted by Gasteiger charge is 2.13. The average molecular weight is 364 g/mol. The standard InChI is InChI=1S/C18H13BrClF/c19-17-10-9-16(14-3-1-2-4-15(14)17)18(20)11-12-5-7-13(21)8-6-12/h1-10,18H,11H2. The second kappa shape index (κ2) is 6.17. The topological polar surface area (TPSA) is 0 Å². The molecule has 21 heavy (non-hydrogen) atoms. The third-order valence-electron chi connectivity index (χ3n) is 3.57. The van der Waals surface area contributed by atoms with E-state index >= 15 is 0 Å². The van der Waals surface area contributed by atoms with E-state index < -0.39 is 0 Å². The highest BCUT2D eigenvalue weighted by atomic mass is 79.9. The molecular formula is C18H13BrClF. The van der Waals surface area contributed by atoms with Crippen LogP contribution in [0.4, 0.5) is 4.39 Å². The zero-order chi connectivity index (χ0) is 14.8. The lowest BCUT2D eigenvalue weighted by molar-refractivity contribution is 0.627. The van der Waals surface area contributed by atoms with Crippen molar-refractivity contribution in [1.29, 1.82) is 0 Å². The minimum Gasteiger partial charge on any atom is -0.207 e. The molecule has 0 bridgehead atoms. The molecule has 106 valence electrons. The highest BCUT2D eigenvalue weighted by Crippen LogP contribution is 2.34. The quantitative estimate of drug-likeness (QED) is 0.481. The molecule has 0 saturated carbocycles. The normalized spacial score (nSPS) is 12.5. The summed E-state index contributed by atoms with van der Waals surface area (Å²) in [5, 5.41) is 2.15. The molecule has 0 spiro atoms. The van der Waals surface area contributed by atoms with E-state index in [2.05, 4.69) is 28.1 Å². The number of fused-ring (bicyclic) bond motifs is 1. The number of rotatable bonds is 3. The van der Waals surface area contributed by atoms with E-state index in [0.717, 1.165) is 26.4 Å². The molecule has 0 amide bonds. The van der Waals surface area contributed by atoms with Gasteiger partial charge in [-0.05, 0) is 46.5 Å². The van der Waals surface area contributed by atoms with Crippen molar-refractivity contribution in [2.45, 2.75) is 11.8 Å². The molecule has 1 unspecified atom stereocenters. The second-order valence-electron chi connectivity index (χ2n) is 4.98. The minimum atomic E-state index is -0.223. The van der Waals surface area contributed by atoms with Gasteiger partial charge in [-0.3, -0.25) is 0 Å². The lowest BCUT2D eigenvalue weighted by atomic mass is 9.98. The van der Waals surface area contributed by atoms with Gasteiger partial charge in [0.15, 0.2) is 0 Å². The smallest absolute Gasteiger partial charge is 0.123 e. The van der Waals surface area contributed by atoms with Crippen LogP contribution in [0.3, 0.4) is 0 Å². The molecule has 1 atom stereocenters. The Morgan fingerprint density at radius 1 is 0.905 bits per heavy atom. The first-order valence-electron chi connectivity index (χ1n) is 6.71. The maximum absolute atomic E-state index is 13.0. The molecule has 0 heterocycles. The zero-order valence-corrected chi connectivity index (χ0v) is 13.5. The van der Waals surface area contributed by atoms with Gasteiger partial charge in [0.1, 0.15) is 5.82 Å². The third-order valence-corrected chi connectivity index (χ3v) is 4.65. The maximum Gasteiger partial charge on any atom is 0.123 e. The van der Waals surface area contributed by atoms with Gasteiger partial charge in [0, 0.05) is 4.47 Å². The van der Waals surface area contributed by atoms with Crippen LogP contribution in [0.1, 0.15) is 16.5 Å². The molecule has 0 aliphatic carbocycles. The van der Waals surface area contributed by atoms with Crippen molar-refractivity contribution in [1.82, 2.24) is 0 Å². The fourth-order valence-corrected chi connectivity index (χ4v) is 3.34. The maximum atomic E-state index is 13.0. The van der Waals surface area contributed by atoms with Gasteiger partial charge in [-0.15, -0.1) is 11.6 Å². The molecule has 0 aliphatic heterocycles. The van der Waals surface area contributed by atoms with Crippen LogP contribution in [-0.4, -0.2) is 0 Å². The molecule has 0 radical (unpaired) electrons. The van der Waals surface area contributed by atoms with Gasteiger partial charge >= 0.3 is 0 Å². The summed E-state index contributed by atoms with van der Waals surface area (Å²) in [7, 11) is 0.